The highest BCUT2D eigenvalue weighted by molar-refractivity contribution is 6.12. The summed E-state index contributed by atoms with van der Waals surface area (Å²) in [5.74, 6) is 0. The Hall–Kier alpha value is -5.28. The van der Waals surface area contributed by atoms with Gasteiger partial charge in [0.1, 0.15) is 11.2 Å². The molecule has 198 valence electrons. The predicted octanol–water partition coefficient (Wildman–Crippen LogP) is 10.3. The maximum atomic E-state index is 6.58. The molecule has 5 aromatic carbocycles. The number of pyridine rings is 2. The highest BCUT2D eigenvalue weighted by Gasteiger charge is 2.37. The summed E-state index contributed by atoms with van der Waals surface area (Å²) in [6.45, 7) is 4.60. The van der Waals surface area contributed by atoms with Gasteiger partial charge >= 0.3 is 0 Å². The molecule has 3 nitrogen and oxygen atoms in total. The number of benzene rings is 5. The first-order valence-corrected chi connectivity index (χ1v) is 14.4. The lowest BCUT2D eigenvalue weighted by molar-refractivity contribution is 0.653. The van der Waals surface area contributed by atoms with Crippen LogP contribution in [0, 0.1) is 0 Å². The standard InChI is InChI=1S/C39H26N2O/c1-39(2)31-11-7-6-10-29(31)35-32(39)17-16-28-30-21-25(15-19-34(30)42-38(28)35)33-18-14-24-12-13-26-20-27(23-8-4-3-5-9-23)22-40-36(26)37(24)41-33/h3-22H,1-2H3. The first-order valence-electron chi connectivity index (χ1n) is 14.4. The van der Waals surface area contributed by atoms with Crippen molar-refractivity contribution >= 4 is 43.7 Å². The predicted molar refractivity (Wildman–Crippen MR) is 173 cm³/mol. The first kappa shape index (κ1) is 23.4. The summed E-state index contributed by atoms with van der Waals surface area (Å²) in [4.78, 5) is 10.0. The van der Waals surface area contributed by atoms with Crippen LogP contribution in [0.15, 0.2) is 126 Å². The number of nitrogens with zero attached hydrogens (tertiary/aromatic N) is 2. The number of fused-ring (bicyclic) bond motifs is 10. The van der Waals surface area contributed by atoms with Gasteiger partial charge in [0.25, 0.3) is 0 Å². The van der Waals surface area contributed by atoms with Crippen LogP contribution in [0.25, 0.3) is 77.3 Å². The highest BCUT2D eigenvalue weighted by Crippen LogP contribution is 2.52. The molecular weight excluding hydrogens is 512 g/mol. The molecule has 3 heteroatoms. The average molecular weight is 539 g/mol. The molecule has 0 atom stereocenters. The fraction of sp³-hybridized carbons (Fsp3) is 0.0769. The summed E-state index contributed by atoms with van der Waals surface area (Å²) in [7, 11) is 0. The van der Waals surface area contributed by atoms with Crippen LogP contribution in [0.1, 0.15) is 25.0 Å². The molecule has 0 aliphatic heterocycles. The third-order valence-corrected chi connectivity index (χ3v) is 9.10. The molecule has 0 amide bonds. The van der Waals surface area contributed by atoms with Gasteiger partial charge in [0.05, 0.1) is 16.7 Å². The largest absolute Gasteiger partial charge is 0.455 e. The van der Waals surface area contributed by atoms with Crippen molar-refractivity contribution in [3.8, 4) is 33.5 Å². The van der Waals surface area contributed by atoms with E-state index in [4.69, 9.17) is 14.4 Å². The zero-order valence-electron chi connectivity index (χ0n) is 23.3. The van der Waals surface area contributed by atoms with Gasteiger partial charge in [-0.15, -0.1) is 0 Å². The lowest BCUT2D eigenvalue weighted by Gasteiger charge is -2.21. The summed E-state index contributed by atoms with van der Waals surface area (Å²) in [6.07, 6.45) is 1.95. The van der Waals surface area contributed by atoms with Crippen molar-refractivity contribution in [1.29, 1.82) is 0 Å². The van der Waals surface area contributed by atoms with Gasteiger partial charge in [-0.2, -0.15) is 0 Å². The molecule has 3 aromatic heterocycles. The molecule has 0 unspecified atom stereocenters. The van der Waals surface area contributed by atoms with Crippen LogP contribution >= 0.6 is 0 Å². The van der Waals surface area contributed by atoms with Gasteiger partial charge < -0.3 is 4.42 Å². The van der Waals surface area contributed by atoms with E-state index in [9.17, 15) is 0 Å². The van der Waals surface area contributed by atoms with E-state index >= 15 is 0 Å². The van der Waals surface area contributed by atoms with Gasteiger partial charge in [-0.1, -0.05) is 98.8 Å². The van der Waals surface area contributed by atoms with Crippen LogP contribution in [-0.4, -0.2) is 9.97 Å². The van der Waals surface area contributed by atoms with Gasteiger partial charge in [-0.3, -0.25) is 4.98 Å². The van der Waals surface area contributed by atoms with Crippen molar-refractivity contribution in [2.24, 2.45) is 0 Å². The van der Waals surface area contributed by atoms with Crippen molar-refractivity contribution in [2.45, 2.75) is 19.3 Å². The van der Waals surface area contributed by atoms with E-state index in [2.05, 4.69) is 123 Å². The zero-order chi connectivity index (χ0) is 28.0. The normalized spacial score (nSPS) is 13.7. The summed E-state index contributed by atoms with van der Waals surface area (Å²) >= 11 is 0. The highest BCUT2D eigenvalue weighted by atomic mass is 16.3. The van der Waals surface area contributed by atoms with Crippen LogP contribution in [0.4, 0.5) is 0 Å². The molecule has 0 saturated carbocycles. The second-order valence-electron chi connectivity index (χ2n) is 11.8. The topological polar surface area (TPSA) is 38.9 Å². The Morgan fingerprint density at radius 3 is 2.31 bits per heavy atom. The molecular formula is C39H26N2O. The van der Waals surface area contributed by atoms with Crippen LogP contribution in [0.3, 0.4) is 0 Å². The Bertz CT molecular complexity index is 2380. The summed E-state index contributed by atoms with van der Waals surface area (Å²) in [6, 6.07) is 40.8. The van der Waals surface area contributed by atoms with Gasteiger partial charge in [0.2, 0.25) is 0 Å². The molecule has 0 fully saturated rings. The van der Waals surface area contributed by atoms with Crippen LogP contribution < -0.4 is 0 Å². The molecule has 0 radical (unpaired) electrons. The monoisotopic (exact) mass is 538 g/mol. The van der Waals surface area contributed by atoms with Crippen LogP contribution in [0.5, 0.6) is 0 Å². The molecule has 1 aliphatic rings. The molecule has 9 rings (SSSR count). The molecule has 42 heavy (non-hydrogen) atoms. The van der Waals surface area contributed by atoms with E-state index in [1.165, 1.54) is 22.3 Å². The maximum Gasteiger partial charge on any atom is 0.143 e. The molecule has 0 N–H and O–H groups in total. The summed E-state index contributed by atoms with van der Waals surface area (Å²) < 4.78 is 6.58. The minimum atomic E-state index is -0.0576. The van der Waals surface area contributed by atoms with E-state index in [1.807, 2.05) is 12.3 Å². The lowest BCUT2D eigenvalue weighted by atomic mass is 9.82. The van der Waals surface area contributed by atoms with Crippen LogP contribution in [-0.2, 0) is 5.41 Å². The van der Waals surface area contributed by atoms with Crippen molar-refractivity contribution in [3.63, 3.8) is 0 Å². The van der Waals surface area contributed by atoms with Gasteiger partial charge in [0.15, 0.2) is 0 Å². The zero-order valence-corrected chi connectivity index (χ0v) is 23.3. The number of aromatic nitrogens is 2. The van der Waals surface area contributed by atoms with E-state index in [0.29, 0.717) is 0 Å². The lowest BCUT2D eigenvalue weighted by Crippen LogP contribution is -2.14. The Balaban J connectivity index is 1.20. The molecule has 8 aromatic rings. The molecule has 0 bridgehead atoms. The minimum absolute atomic E-state index is 0.0576. The van der Waals surface area contributed by atoms with E-state index in [0.717, 1.165) is 66.1 Å². The number of hydrogen-bond donors (Lipinski definition) is 0. The molecule has 0 saturated heterocycles. The Kier molecular flexibility index (Phi) is 4.67. The number of rotatable bonds is 2. The minimum Gasteiger partial charge on any atom is -0.455 e. The third-order valence-electron chi connectivity index (χ3n) is 9.10. The quantitative estimate of drug-likeness (QED) is 0.206. The maximum absolute atomic E-state index is 6.58. The Morgan fingerprint density at radius 2 is 1.40 bits per heavy atom. The second-order valence-corrected chi connectivity index (χ2v) is 11.8. The SMILES string of the molecule is CC1(C)c2ccccc2-c2c1ccc1c2oc2ccc(-c3ccc4ccc5cc(-c6ccccc6)cnc5c4n3)cc21. The average Bonchev–Trinajstić information content (AvgIpc) is 3.52. The van der Waals surface area contributed by atoms with Crippen LogP contribution in [0.2, 0.25) is 0 Å². The van der Waals surface area contributed by atoms with Gasteiger partial charge in [0, 0.05) is 49.8 Å². The first-order chi connectivity index (χ1) is 20.6. The summed E-state index contributed by atoms with van der Waals surface area (Å²) in [5, 5.41) is 4.41. The van der Waals surface area contributed by atoms with Gasteiger partial charge in [-0.05, 0) is 52.6 Å². The van der Waals surface area contributed by atoms with E-state index in [1.54, 1.807) is 0 Å². The van der Waals surface area contributed by atoms with E-state index in [-0.39, 0.29) is 5.41 Å². The third kappa shape index (κ3) is 3.22. The van der Waals surface area contributed by atoms with Crippen molar-refractivity contribution in [2.75, 3.05) is 0 Å². The van der Waals surface area contributed by atoms with Crippen molar-refractivity contribution < 1.29 is 4.42 Å². The number of furan rings is 1. The second kappa shape index (κ2) is 8.37. The fourth-order valence-electron chi connectivity index (χ4n) is 6.91. The van der Waals surface area contributed by atoms with Crippen molar-refractivity contribution in [3.05, 3.63) is 133 Å². The smallest absolute Gasteiger partial charge is 0.143 e. The van der Waals surface area contributed by atoms with Gasteiger partial charge in [-0.25, -0.2) is 4.98 Å². The molecule has 0 spiro atoms. The van der Waals surface area contributed by atoms with Crippen molar-refractivity contribution in [1.82, 2.24) is 9.97 Å². The Labute approximate surface area is 243 Å². The molecule has 3 heterocycles. The molecule has 1 aliphatic carbocycles. The number of hydrogen-bond acceptors (Lipinski definition) is 3. The Morgan fingerprint density at radius 1 is 0.595 bits per heavy atom. The fourth-order valence-corrected chi connectivity index (χ4v) is 6.91. The summed E-state index contributed by atoms with van der Waals surface area (Å²) in [5.41, 5.74) is 13.1. The van der Waals surface area contributed by atoms with E-state index < -0.39 is 0 Å².